The molecule has 1 aromatic heterocycles. The molecule has 1 aromatic rings. The zero-order valence-corrected chi connectivity index (χ0v) is 45.3. The van der Waals surface area contributed by atoms with Gasteiger partial charge in [-0.3, -0.25) is 14.4 Å². The molecule has 73 heavy (non-hydrogen) atoms. The Labute approximate surface area is 434 Å². The lowest BCUT2D eigenvalue weighted by molar-refractivity contribution is -0.340. The Bertz CT molecular complexity index is 2050. The van der Waals surface area contributed by atoms with E-state index in [0.717, 1.165) is 11.3 Å². The predicted molar refractivity (Wildman–Crippen MR) is 270 cm³/mol. The van der Waals surface area contributed by atoms with Gasteiger partial charge in [-0.2, -0.15) is 0 Å². The van der Waals surface area contributed by atoms with Crippen LogP contribution in [0.25, 0.3) is 0 Å². The van der Waals surface area contributed by atoms with Crippen molar-refractivity contribution in [2.75, 3.05) is 47.2 Å². The molecule has 20 nitrogen and oxygen atoms in total. The van der Waals surface area contributed by atoms with Crippen LogP contribution < -0.4 is 11.1 Å². The second-order valence-corrected chi connectivity index (χ2v) is 21.7. The molecule has 5 rings (SSSR count). The number of ketones is 1. The largest absolute Gasteiger partial charge is 0.462 e. The molecule has 0 saturated carbocycles. The van der Waals surface area contributed by atoms with Crippen LogP contribution in [0, 0.1) is 17.8 Å². The molecule has 21 heteroatoms. The molecule has 4 aliphatic heterocycles. The van der Waals surface area contributed by atoms with Gasteiger partial charge in [0.15, 0.2) is 24.7 Å². The van der Waals surface area contributed by atoms with Gasteiger partial charge in [0.05, 0.1) is 65.8 Å². The zero-order chi connectivity index (χ0) is 54.2. The molecule has 5 heterocycles. The number of amides is 1. The van der Waals surface area contributed by atoms with E-state index in [1.165, 1.54) is 33.3 Å². The summed E-state index contributed by atoms with van der Waals surface area (Å²) in [5.74, 6) is -4.41. The number of carbonyl (C=O) groups is 3. The number of allylic oxidation sites excluding steroid dienone is 3. The van der Waals surface area contributed by atoms with E-state index in [2.05, 4.69) is 11.9 Å². The number of anilines is 1. The summed E-state index contributed by atoms with van der Waals surface area (Å²) < 4.78 is 55.5. The summed E-state index contributed by atoms with van der Waals surface area (Å²) in [5, 5.41) is 59.8. The Morgan fingerprint density at radius 1 is 0.945 bits per heavy atom. The first-order valence-corrected chi connectivity index (χ1v) is 26.1. The topological polar surface area (TPSA) is 277 Å². The van der Waals surface area contributed by atoms with Gasteiger partial charge in [0.1, 0.15) is 42.7 Å². The van der Waals surface area contributed by atoms with Crippen LogP contribution in [-0.4, -0.2) is 193 Å². The predicted octanol–water partition coefficient (Wildman–Crippen LogP) is 2.97. The van der Waals surface area contributed by atoms with E-state index in [1.807, 2.05) is 19.9 Å². The van der Waals surface area contributed by atoms with Gasteiger partial charge < -0.3 is 84.1 Å². The van der Waals surface area contributed by atoms with Gasteiger partial charge in [-0.05, 0) is 73.7 Å². The third-order valence-corrected chi connectivity index (χ3v) is 15.8. The maximum Gasteiger partial charge on any atom is 0.308 e. The van der Waals surface area contributed by atoms with Crippen molar-refractivity contribution in [3.05, 3.63) is 53.0 Å². The SMILES string of the molecule is C=CCNC(=O)c1cc([C@H]2C[C@@H](C)C(=O)/C=C/C(C)=C/[C@H](CO[C@@H]3O[C@H](C)[C@@H](O)[C@@H](OC)[C@H]3OC)[C@@H](CC)OC(=O)C[C@@H](O)[C@H](C)[C@H]2O[C@@H]2O[C@H](C)[C@@H](O[C@H]3C[C@@](C)(O)[C@@H](O)[C@H](C)O3)[C@H](N(C)C)[C@H]2O)sc1N. The highest BCUT2D eigenvalue weighted by Gasteiger charge is 2.52. The highest BCUT2D eigenvalue weighted by molar-refractivity contribution is 7.16. The van der Waals surface area contributed by atoms with E-state index >= 15 is 0 Å². The molecule has 414 valence electrons. The Balaban J connectivity index is 1.53. The van der Waals surface area contributed by atoms with Gasteiger partial charge in [0.25, 0.3) is 5.91 Å². The van der Waals surface area contributed by atoms with Crippen LogP contribution in [-0.2, 0) is 52.2 Å². The van der Waals surface area contributed by atoms with Crippen molar-refractivity contribution in [1.82, 2.24) is 10.2 Å². The normalized spacial score (nSPS) is 41.6. The van der Waals surface area contributed by atoms with Gasteiger partial charge in [-0.25, -0.2) is 0 Å². The van der Waals surface area contributed by atoms with Crippen LogP contribution in [0.2, 0.25) is 0 Å². The monoisotopic (exact) mass is 1050 g/mol. The highest BCUT2D eigenvalue weighted by Crippen LogP contribution is 2.43. The molecule has 0 aromatic carbocycles. The number of nitrogens with two attached hydrogens (primary N) is 1. The Hall–Kier alpha value is -3.23. The van der Waals surface area contributed by atoms with E-state index in [-0.39, 0.29) is 42.3 Å². The van der Waals surface area contributed by atoms with Crippen molar-refractivity contribution in [1.29, 1.82) is 0 Å². The number of nitrogens with zero attached hydrogens (tertiary/aromatic N) is 1. The fourth-order valence-corrected chi connectivity index (χ4v) is 11.4. The molecule has 3 fully saturated rings. The van der Waals surface area contributed by atoms with Crippen LogP contribution in [0.3, 0.4) is 0 Å². The van der Waals surface area contributed by atoms with E-state index in [0.29, 0.717) is 16.9 Å². The Morgan fingerprint density at radius 3 is 2.23 bits per heavy atom. The van der Waals surface area contributed by atoms with Crippen LogP contribution in [0.15, 0.2) is 42.5 Å². The number of esters is 1. The molecule has 8 N–H and O–H groups in total. The molecule has 0 bridgehead atoms. The molecule has 3 saturated heterocycles. The summed E-state index contributed by atoms with van der Waals surface area (Å²) in [7, 11) is 6.43. The summed E-state index contributed by atoms with van der Waals surface area (Å²) in [5.41, 5.74) is 5.87. The number of thiophene rings is 1. The number of hydrogen-bond acceptors (Lipinski definition) is 20. The second kappa shape index (κ2) is 26.7. The molecule has 0 aliphatic carbocycles. The second-order valence-electron chi connectivity index (χ2n) is 20.6. The van der Waals surface area contributed by atoms with Crippen molar-refractivity contribution in [3.63, 3.8) is 0 Å². The number of aliphatic hydroxyl groups is 5. The summed E-state index contributed by atoms with van der Waals surface area (Å²) in [6.45, 7) is 17.5. The lowest BCUT2D eigenvalue weighted by atomic mass is 9.80. The highest BCUT2D eigenvalue weighted by atomic mass is 32.1. The smallest absolute Gasteiger partial charge is 0.308 e. The molecule has 1 amide bonds. The van der Waals surface area contributed by atoms with Crippen molar-refractivity contribution >= 4 is 34.0 Å². The van der Waals surface area contributed by atoms with Crippen molar-refractivity contribution in [2.24, 2.45) is 17.8 Å². The van der Waals surface area contributed by atoms with Crippen LogP contribution in [0.1, 0.15) is 102 Å². The number of likely N-dealkylation sites (N-methyl/N-ethyl adjacent to an activating group) is 1. The number of aliphatic hydroxyl groups excluding tert-OH is 4. The quantitative estimate of drug-likeness (QED) is 0.0983. The first-order chi connectivity index (χ1) is 34.4. The Morgan fingerprint density at radius 2 is 1.62 bits per heavy atom. The summed E-state index contributed by atoms with van der Waals surface area (Å²) >= 11 is 1.12. The minimum Gasteiger partial charge on any atom is -0.462 e. The molecule has 21 atom stereocenters. The molecular formula is C52H83N3O17S. The molecule has 0 unspecified atom stereocenters. The number of hydrogen-bond donors (Lipinski definition) is 7. The third-order valence-electron chi connectivity index (χ3n) is 14.7. The third kappa shape index (κ3) is 14.8. The van der Waals surface area contributed by atoms with Gasteiger partial charge in [0, 0.05) is 55.7 Å². The lowest BCUT2D eigenvalue weighted by Gasteiger charge is -2.50. The number of rotatable bonds is 15. The number of methoxy groups -OCH3 is 2. The first-order valence-electron chi connectivity index (χ1n) is 25.3. The molecule has 0 radical (unpaired) electrons. The maximum absolute atomic E-state index is 14.2. The van der Waals surface area contributed by atoms with Crippen LogP contribution in [0.4, 0.5) is 5.00 Å². The Kier molecular flexibility index (Phi) is 22.2. The van der Waals surface area contributed by atoms with Gasteiger partial charge in [-0.1, -0.05) is 44.6 Å². The lowest BCUT2D eigenvalue weighted by Crippen LogP contribution is -2.65. The van der Waals surface area contributed by atoms with Crippen LogP contribution in [0.5, 0.6) is 0 Å². The standard InChI is InChI=1S/C52H83N3O17S/c1-14-18-54-49(62)33-21-37(73-48(33)53)32-20-26(4)34(56)17-16-25(3)19-31(24-66-51-46(65-13)45(64-12)41(59)28(6)68-51)36(15-2)70-38(58)22-35(57)27(5)43(32)72-50-42(60)40(55(10)11)44(29(7)69-50)71-39-23-52(9,63)47(61)30(8)67-39/h14,16-17,19,21,26-32,35-36,39-47,50-51,57,59-61,63H,1,15,18,20,22-24,53H2,2-13H3,(H,54,62)/b17-16+,25-19+/t26-,27+,28-,29-,30+,31-,32-,35-,36-,39+,40-,41-,42-,43-,44-,45-,46-,47+,50+,51-,52-/m1/s1. The van der Waals surface area contributed by atoms with E-state index < -0.39 is 146 Å². The molecule has 4 aliphatic rings. The average molecular weight is 1050 g/mol. The maximum atomic E-state index is 14.2. The fourth-order valence-electron chi connectivity index (χ4n) is 10.3. The van der Waals surface area contributed by atoms with E-state index in [1.54, 1.807) is 65.8 Å². The zero-order valence-electron chi connectivity index (χ0n) is 44.5. The molecule has 0 spiro atoms. The van der Waals surface area contributed by atoms with Gasteiger partial charge in [0.2, 0.25) is 0 Å². The minimum atomic E-state index is -1.52. The number of nitrogen functional groups attached to an aromatic ring is 1. The summed E-state index contributed by atoms with van der Waals surface area (Å²) in [6, 6.07) is 0.836. The van der Waals surface area contributed by atoms with Crippen molar-refractivity contribution in [3.8, 4) is 0 Å². The van der Waals surface area contributed by atoms with E-state index in [9.17, 15) is 39.9 Å². The minimum absolute atomic E-state index is 0.0299. The van der Waals surface area contributed by atoms with Gasteiger partial charge in [-0.15, -0.1) is 17.9 Å². The summed E-state index contributed by atoms with van der Waals surface area (Å²) in [4.78, 5) is 44.1. The average Bonchev–Trinajstić information content (AvgIpc) is 3.72. The number of ether oxygens (including phenoxy) is 9. The van der Waals surface area contributed by atoms with Crippen molar-refractivity contribution in [2.45, 2.75) is 191 Å². The number of carbonyl (C=O) groups excluding carboxylic acids is 3. The fraction of sp³-hybridized carbons (Fsp3) is 0.750. The number of nitrogens with one attached hydrogen (secondary N) is 1. The van der Waals surface area contributed by atoms with E-state index in [4.69, 9.17) is 48.4 Å². The number of cyclic esters (lactones) is 1. The molecular weight excluding hydrogens is 971 g/mol. The summed E-state index contributed by atoms with van der Waals surface area (Å²) in [6.07, 6.45) is -8.35. The van der Waals surface area contributed by atoms with Crippen molar-refractivity contribution < 1.29 is 82.5 Å². The first kappa shape index (κ1) is 60.6. The van der Waals surface area contributed by atoms with Crippen LogP contribution >= 0.6 is 11.3 Å². The van der Waals surface area contributed by atoms with Gasteiger partial charge >= 0.3 is 5.97 Å².